The normalized spacial score (nSPS) is 20.1. The van der Waals surface area contributed by atoms with Gasteiger partial charge >= 0.3 is 0 Å². The van der Waals surface area contributed by atoms with Crippen LogP contribution in [0.1, 0.15) is 120 Å². The lowest BCUT2D eigenvalue weighted by molar-refractivity contribution is -0.697. The summed E-state index contributed by atoms with van der Waals surface area (Å²) in [6.45, 7) is 2.32. The third-order valence-electron chi connectivity index (χ3n) is 7.51. The molecule has 0 spiro atoms. The van der Waals surface area contributed by atoms with E-state index in [9.17, 15) is 0 Å². The zero-order chi connectivity index (χ0) is 24.2. The van der Waals surface area contributed by atoms with Crippen LogP contribution in [0.25, 0.3) is 0 Å². The molecule has 0 unspecified atom stereocenters. The molecule has 0 amide bonds. The van der Waals surface area contributed by atoms with Crippen molar-refractivity contribution in [3.05, 3.63) is 72.3 Å². The molecule has 4 bridgehead atoms. The summed E-state index contributed by atoms with van der Waals surface area (Å²) in [5.74, 6) is 0. The van der Waals surface area contributed by atoms with Crippen LogP contribution in [0, 0.1) is 0 Å². The molecule has 3 rings (SSSR count). The maximum atomic E-state index is 2.42. The molecule has 1 aliphatic rings. The Hall–Kier alpha value is -1.96. The van der Waals surface area contributed by atoms with E-state index in [4.69, 9.17) is 0 Å². The first-order valence-corrected chi connectivity index (χ1v) is 15.0. The van der Waals surface area contributed by atoms with Crippen molar-refractivity contribution in [3.63, 3.8) is 0 Å². The maximum Gasteiger partial charge on any atom is 0.171 e. The average Bonchev–Trinajstić information content (AvgIpc) is 2.88. The molecule has 0 saturated carbocycles. The van der Waals surface area contributed by atoms with Crippen LogP contribution < -0.4 is 9.13 Å². The Balaban J connectivity index is 1.40. The van der Waals surface area contributed by atoms with Crippen molar-refractivity contribution < 1.29 is 9.13 Å². The van der Waals surface area contributed by atoms with Crippen LogP contribution >= 0.6 is 0 Å². The Labute approximate surface area is 216 Å². The van der Waals surface area contributed by atoms with Crippen molar-refractivity contribution in [1.29, 1.82) is 0 Å². The fourth-order valence-corrected chi connectivity index (χ4v) is 5.34. The van der Waals surface area contributed by atoms with Crippen LogP contribution in [0.4, 0.5) is 0 Å². The summed E-state index contributed by atoms with van der Waals surface area (Å²) >= 11 is 0. The molecule has 2 aromatic rings. The molecule has 0 saturated heterocycles. The van der Waals surface area contributed by atoms with Crippen LogP contribution in [-0.4, -0.2) is 0 Å². The molecule has 3 heterocycles. The monoisotopic (exact) mass is 476 g/mol. The van der Waals surface area contributed by atoms with Crippen molar-refractivity contribution in [3.8, 4) is 0 Å². The molecule has 0 N–H and O–H groups in total. The zero-order valence-electron chi connectivity index (χ0n) is 22.5. The van der Waals surface area contributed by atoms with E-state index in [1.54, 1.807) is 0 Å². The predicted octanol–water partition coefficient (Wildman–Crippen LogP) is 8.25. The second-order valence-electron chi connectivity index (χ2n) is 10.8. The van der Waals surface area contributed by atoms with Gasteiger partial charge in [0.25, 0.3) is 0 Å². The van der Waals surface area contributed by atoms with E-state index in [2.05, 4.69) is 70.3 Å². The summed E-state index contributed by atoms with van der Waals surface area (Å²) < 4.78 is 4.82. The molecule has 35 heavy (non-hydrogen) atoms. The van der Waals surface area contributed by atoms with Crippen molar-refractivity contribution in [2.45, 2.75) is 135 Å². The smallest absolute Gasteiger partial charge is 0.171 e. The standard InChI is InChI=1S/C33H52N2/c1-2-6-10-14-18-26-34-28-21-25-33(31-34)23-17-13-9-5-3-7-11-15-19-27-35-29-20-24-32(30-35)22-16-12-8-4-1/h7,11,20-21,24-25,28-31H,1-6,8-10,12-19,22-23,26-27H2/q+2/b11-7+. The Bertz CT molecular complexity index is 825. The van der Waals surface area contributed by atoms with Gasteiger partial charge in [-0.2, -0.15) is 0 Å². The first-order chi connectivity index (χ1) is 17.4. The Morgan fingerprint density at radius 1 is 0.429 bits per heavy atom. The number of hydrogen-bond donors (Lipinski definition) is 0. The topological polar surface area (TPSA) is 7.76 Å². The van der Waals surface area contributed by atoms with Gasteiger partial charge in [0.15, 0.2) is 24.8 Å². The number of aromatic nitrogens is 2. The Kier molecular flexibility index (Phi) is 14.5. The molecule has 0 radical (unpaired) electrons. The van der Waals surface area contributed by atoms with Gasteiger partial charge in [-0.1, -0.05) is 69.9 Å². The number of fused-ring (bicyclic) bond motifs is 4. The van der Waals surface area contributed by atoms with Gasteiger partial charge in [0.2, 0.25) is 0 Å². The summed E-state index contributed by atoms with van der Waals surface area (Å²) in [5, 5.41) is 0. The number of pyridine rings is 2. The van der Waals surface area contributed by atoms with Crippen molar-refractivity contribution in [2.24, 2.45) is 0 Å². The van der Waals surface area contributed by atoms with E-state index in [0.29, 0.717) is 0 Å². The summed E-state index contributed by atoms with van der Waals surface area (Å²) in [6, 6.07) is 9.11. The average molecular weight is 477 g/mol. The quantitative estimate of drug-likeness (QED) is 0.267. The molecule has 2 heteroatoms. The highest BCUT2D eigenvalue weighted by atomic mass is 14.9. The van der Waals surface area contributed by atoms with E-state index in [1.165, 1.54) is 140 Å². The number of allylic oxidation sites excluding steroid dienone is 2. The molecule has 0 aromatic carbocycles. The minimum Gasteiger partial charge on any atom is -0.205 e. The molecular weight excluding hydrogens is 424 g/mol. The Morgan fingerprint density at radius 2 is 0.857 bits per heavy atom. The molecule has 2 aromatic heterocycles. The number of hydrogen-bond acceptors (Lipinski definition) is 0. The minimum absolute atomic E-state index is 1.14. The zero-order valence-corrected chi connectivity index (χ0v) is 22.5. The molecule has 192 valence electrons. The van der Waals surface area contributed by atoms with Gasteiger partial charge < -0.3 is 0 Å². The van der Waals surface area contributed by atoms with Crippen LogP contribution in [0.2, 0.25) is 0 Å². The van der Waals surface area contributed by atoms with Crippen LogP contribution in [0.3, 0.4) is 0 Å². The van der Waals surface area contributed by atoms with Crippen molar-refractivity contribution >= 4 is 0 Å². The van der Waals surface area contributed by atoms with Gasteiger partial charge in [-0.15, -0.1) is 0 Å². The summed E-state index contributed by atoms with van der Waals surface area (Å²) in [5.41, 5.74) is 3.02. The van der Waals surface area contributed by atoms with Gasteiger partial charge in [0, 0.05) is 36.1 Å². The highest BCUT2D eigenvalue weighted by molar-refractivity contribution is 5.05. The molecule has 1 aliphatic heterocycles. The number of rotatable bonds is 0. The summed E-state index contributed by atoms with van der Waals surface area (Å²) in [6.07, 6.45) is 39.6. The van der Waals surface area contributed by atoms with E-state index in [1.807, 2.05) is 0 Å². The molecule has 0 atom stereocenters. The van der Waals surface area contributed by atoms with E-state index in [0.717, 1.165) is 6.54 Å². The van der Waals surface area contributed by atoms with Crippen molar-refractivity contribution in [2.75, 3.05) is 0 Å². The van der Waals surface area contributed by atoms with E-state index < -0.39 is 0 Å². The lowest BCUT2D eigenvalue weighted by Crippen LogP contribution is -2.33. The summed E-state index contributed by atoms with van der Waals surface area (Å²) in [4.78, 5) is 0. The number of nitrogens with zero attached hydrogens (tertiary/aromatic N) is 2. The number of aryl methyl sites for hydroxylation is 4. The summed E-state index contributed by atoms with van der Waals surface area (Å²) in [7, 11) is 0. The van der Waals surface area contributed by atoms with E-state index >= 15 is 0 Å². The van der Waals surface area contributed by atoms with Crippen LogP contribution in [-0.2, 0) is 25.9 Å². The fraction of sp³-hybridized carbons (Fsp3) is 0.636. The third-order valence-corrected chi connectivity index (χ3v) is 7.51. The predicted molar refractivity (Wildman–Crippen MR) is 148 cm³/mol. The second-order valence-corrected chi connectivity index (χ2v) is 10.8. The van der Waals surface area contributed by atoms with Crippen molar-refractivity contribution in [1.82, 2.24) is 0 Å². The van der Waals surface area contributed by atoms with Gasteiger partial charge in [0.1, 0.15) is 13.1 Å². The first kappa shape index (κ1) is 27.6. The van der Waals surface area contributed by atoms with Gasteiger partial charge in [-0.25, -0.2) is 9.13 Å². The lowest BCUT2D eigenvalue weighted by atomic mass is 10.0. The third kappa shape index (κ3) is 13.1. The van der Waals surface area contributed by atoms with Gasteiger partial charge in [0.05, 0.1) is 0 Å². The largest absolute Gasteiger partial charge is 0.205 e. The highest BCUT2D eigenvalue weighted by Crippen LogP contribution is 2.13. The van der Waals surface area contributed by atoms with Crippen LogP contribution in [0.5, 0.6) is 0 Å². The first-order valence-electron chi connectivity index (χ1n) is 15.0. The molecule has 0 fully saturated rings. The molecular formula is C33H52N2+2. The van der Waals surface area contributed by atoms with Crippen LogP contribution in [0.15, 0.2) is 61.2 Å². The van der Waals surface area contributed by atoms with Gasteiger partial charge in [-0.3, -0.25) is 0 Å². The molecule has 0 aliphatic carbocycles. The fourth-order valence-electron chi connectivity index (χ4n) is 5.34. The molecule has 2 nitrogen and oxygen atoms in total. The SMILES string of the molecule is C1=C/CCC[n+]2cccc(c2)CCCCCCCCCCCC[n+]2cccc(c2)CCCCCC/1. The van der Waals surface area contributed by atoms with Gasteiger partial charge in [-0.05, 0) is 63.5 Å². The highest BCUT2D eigenvalue weighted by Gasteiger charge is 2.05. The second kappa shape index (κ2) is 18.3. The maximum absolute atomic E-state index is 2.42. The minimum atomic E-state index is 1.14. The lowest BCUT2D eigenvalue weighted by Gasteiger charge is -2.04. The Morgan fingerprint density at radius 3 is 1.43 bits per heavy atom. The van der Waals surface area contributed by atoms with E-state index in [-0.39, 0.29) is 0 Å².